The van der Waals surface area contributed by atoms with Crippen molar-refractivity contribution in [2.24, 2.45) is 5.41 Å². The van der Waals surface area contributed by atoms with Crippen molar-refractivity contribution < 1.29 is 14.7 Å². The van der Waals surface area contributed by atoms with Crippen molar-refractivity contribution in [1.82, 2.24) is 0 Å². The minimum Gasteiger partial charge on any atom is -0.508 e. The number of amides is 1. The number of aromatic hydroxyl groups is 1. The van der Waals surface area contributed by atoms with E-state index in [-0.39, 0.29) is 35.2 Å². The molecule has 0 saturated carbocycles. The first-order chi connectivity index (χ1) is 13.3. The lowest BCUT2D eigenvalue weighted by Crippen LogP contribution is -2.44. The molecular weight excluding hydrogens is 350 g/mol. The Morgan fingerprint density at radius 3 is 2.36 bits per heavy atom. The molecule has 1 amide bonds. The summed E-state index contributed by atoms with van der Waals surface area (Å²) in [5.74, 6) is 0.0525. The summed E-state index contributed by atoms with van der Waals surface area (Å²) < 4.78 is 0. The number of allylic oxidation sites excluding steroid dienone is 2. The molecule has 4 heteroatoms. The summed E-state index contributed by atoms with van der Waals surface area (Å²) in [6.45, 7) is 6.16. The van der Waals surface area contributed by atoms with Gasteiger partial charge in [0.2, 0.25) is 5.91 Å². The van der Waals surface area contributed by atoms with Crippen molar-refractivity contribution in [3.63, 3.8) is 0 Å². The Labute approximate surface area is 165 Å². The second kappa shape index (κ2) is 6.62. The van der Waals surface area contributed by atoms with Crippen molar-refractivity contribution in [3.8, 4) is 5.75 Å². The monoisotopic (exact) mass is 375 g/mol. The average Bonchev–Trinajstić information content (AvgIpc) is 2.62. The largest absolute Gasteiger partial charge is 0.508 e. The van der Waals surface area contributed by atoms with E-state index in [4.69, 9.17) is 0 Å². The number of rotatable bonds is 2. The zero-order valence-corrected chi connectivity index (χ0v) is 16.5. The maximum absolute atomic E-state index is 13.3. The van der Waals surface area contributed by atoms with E-state index >= 15 is 0 Å². The van der Waals surface area contributed by atoms with Crippen molar-refractivity contribution in [1.29, 1.82) is 0 Å². The minimum atomic E-state index is -0.257. The summed E-state index contributed by atoms with van der Waals surface area (Å²) in [5, 5.41) is 9.63. The van der Waals surface area contributed by atoms with Crippen LogP contribution in [0.4, 0.5) is 5.69 Å². The number of phenolic OH excluding ortho intramolecular Hbond substituents is 1. The number of nitrogens with zero attached hydrogens (tertiary/aromatic N) is 1. The number of hydrogen-bond acceptors (Lipinski definition) is 3. The number of phenols is 1. The van der Waals surface area contributed by atoms with Crippen LogP contribution in [0.2, 0.25) is 0 Å². The van der Waals surface area contributed by atoms with E-state index in [9.17, 15) is 14.7 Å². The molecule has 4 nitrogen and oxygen atoms in total. The second-order valence-corrected chi connectivity index (χ2v) is 8.67. The number of benzene rings is 2. The van der Waals surface area contributed by atoms with Gasteiger partial charge in [-0.1, -0.05) is 44.2 Å². The van der Waals surface area contributed by atoms with Gasteiger partial charge in [0.15, 0.2) is 5.78 Å². The van der Waals surface area contributed by atoms with Crippen molar-refractivity contribution >= 4 is 17.4 Å². The molecule has 1 atom stereocenters. The summed E-state index contributed by atoms with van der Waals surface area (Å²) in [6, 6.07) is 14.7. The highest BCUT2D eigenvalue weighted by atomic mass is 16.3. The van der Waals surface area contributed by atoms with Gasteiger partial charge in [0, 0.05) is 30.0 Å². The van der Waals surface area contributed by atoms with Gasteiger partial charge in [0.05, 0.1) is 5.69 Å². The molecule has 28 heavy (non-hydrogen) atoms. The molecule has 0 radical (unpaired) electrons. The van der Waals surface area contributed by atoms with Gasteiger partial charge in [0.1, 0.15) is 5.75 Å². The number of para-hydroxylation sites is 1. The Morgan fingerprint density at radius 1 is 1.00 bits per heavy atom. The third kappa shape index (κ3) is 3.13. The molecule has 0 fully saturated rings. The predicted octanol–water partition coefficient (Wildman–Crippen LogP) is 4.86. The number of aryl methyl sites for hydroxylation is 1. The minimum absolute atomic E-state index is 0.0108. The number of ketones is 1. The third-order valence-electron chi connectivity index (χ3n) is 5.79. The Kier molecular flexibility index (Phi) is 4.37. The maximum Gasteiger partial charge on any atom is 0.232 e. The molecule has 1 heterocycles. The fourth-order valence-corrected chi connectivity index (χ4v) is 4.50. The Morgan fingerprint density at radius 2 is 1.68 bits per heavy atom. The summed E-state index contributed by atoms with van der Waals surface area (Å²) >= 11 is 0. The molecule has 144 valence electrons. The van der Waals surface area contributed by atoms with Gasteiger partial charge in [-0.15, -0.1) is 0 Å². The summed E-state index contributed by atoms with van der Waals surface area (Å²) in [5.41, 5.74) is 4.18. The van der Waals surface area contributed by atoms with Gasteiger partial charge in [0.25, 0.3) is 0 Å². The van der Waals surface area contributed by atoms with Crippen LogP contribution >= 0.6 is 0 Å². The molecule has 2 aromatic carbocycles. The van der Waals surface area contributed by atoms with Crippen LogP contribution in [0.15, 0.2) is 59.8 Å². The van der Waals surface area contributed by atoms with Gasteiger partial charge >= 0.3 is 0 Å². The molecule has 1 unspecified atom stereocenters. The van der Waals surface area contributed by atoms with Crippen molar-refractivity contribution in [3.05, 3.63) is 70.9 Å². The maximum atomic E-state index is 13.3. The third-order valence-corrected chi connectivity index (χ3v) is 5.79. The van der Waals surface area contributed by atoms with Crippen LogP contribution in [-0.4, -0.2) is 16.8 Å². The van der Waals surface area contributed by atoms with E-state index < -0.39 is 0 Å². The second-order valence-electron chi connectivity index (χ2n) is 8.67. The topological polar surface area (TPSA) is 57.6 Å². The highest BCUT2D eigenvalue weighted by Crippen LogP contribution is 2.48. The number of hydrogen-bond donors (Lipinski definition) is 1. The quantitative estimate of drug-likeness (QED) is 0.815. The highest BCUT2D eigenvalue weighted by Gasteiger charge is 2.44. The predicted molar refractivity (Wildman–Crippen MR) is 109 cm³/mol. The zero-order valence-electron chi connectivity index (χ0n) is 16.5. The molecule has 0 saturated heterocycles. The first-order valence-electron chi connectivity index (χ1n) is 9.70. The number of Topliss-reactive ketones (excluding diaryl/α,β-unsaturated/α-hetero) is 1. The molecule has 1 N–H and O–H groups in total. The Hall–Kier alpha value is -2.88. The fraction of sp³-hybridized carbons (Fsp3) is 0.333. The van der Waals surface area contributed by atoms with E-state index in [2.05, 4.69) is 13.8 Å². The molecule has 2 aromatic rings. The van der Waals surface area contributed by atoms with E-state index in [0.717, 1.165) is 28.1 Å². The molecule has 1 aliphatic heterocycles. The van der Waals surface area contributed by atoms with Crippen molar-refractivity contribution in [2.45, 2.75) is 46.0 Å². The van der Waals surface area contributed by atoms with E-state index in [1.165, 1.54) is 0 Å². The number of carbonyl (C=O) groups excluding carboxylic acids is 2. The molecule has 1 aliphatic carbocycles. The summed E-state index contributed by atoms with van der Waals surface area (Å²) in [7, 11) is 0. The van der Waals surface area contributed by atoms with Gasteiger partial charge < -0.3 is 5.11 Å². The van der Waals surface area contributed by atoms with E-state index in [1.54, 1.807) is 17.0 Å². The Balaban J connectivity index is 1.91. The van der Waals surface area contributed by atoms with E-state index in [1.807, 2.05) is 43.3 Å². The fourth-order valence-electron chi connectivity index (χ4n) is 4.50. The normalized spacial score (nSPS) is 21.7. The van der Waals surface area contributed by atoms with Crippen LogP contribution in [0.5, 0.6) is 5.75 Å². The van der Waals surface area contributed by atoms with Gasteiger partial charge in [-0.2, -0.15) is 0 Å². The molecule has 0 bridgehead atoms. The summed E-state index contributed by atoms with van der Waals surface area (Å²) in [4.78, 5) is 28.3. The van der Waals surface area contributed by atoms with Crippen LogP contribution < -0.4 is 4.90 Å². The van der Waals surface area contributed by atoms with Crippen LogP contribution in [0, 0.1) is 12.3 Å². The lowest BCUT2D eigenvalue weighted by atomic mass is 9.69. The Bertz CT molecular complexity index is 985. The number of carbonyl (C=O) groups is 2. The smallest absolute Gasteiger partial charge is 0.232 e. The molecule has 0 spiro atoms. The number of anilines is 1. The molecule has 0 aromatic heterocycles. The lowest BCUT2D eigenvalue weighted by Gasteiger charge is -2.43. The molecular formula is C24H25NO3. The van der Waals surface area contributed by atoms with Gasteiger partial charge in [-0.25, -0.2) is 0 Å². The van der Waals surface area contributed by atoms with Crippen LogP contribution in [0.3, 0.4) is 0 Å². The average molecular weight is 375 g/mol. The van der Waals surface area contributed by atoms with E-state index in [0.29, 0.717) is 12.8 Å². The first-order valence-corrected chi connectivity index (χ1v) is 9.70. The van der Waals surface area contributed by atoms with Gasteiger partial charge in [-0.05, 0) is 48.1 Å². The van der Waals surface area contributed by atoms with Crippen molar-refractivity contribution in [2.75, 3.05) is 4.90 Å². The van der Waals surface area contributed by atoms with Crippen LogP contribution in [0.25, 0.3) is 0 Å². The first kappa shape index (κ1) is 18.5. The lowest BCUT2D eigenvalue weighted by molar-refractivity contribution is -0.121. The molecule has 2 aliphatic rings. The van der Waals surface area contributed by atoms with Crippen LogP contribution in [0.1, 0.15) is 50.2 Å². The van der Waals surface area contributed by atoms with Crippen LogP contribution in [-0.2, 0) is 9.59 Å². The van der Waals surface area contributed by atoms with Gasteiger partial charge in [-0.3, -0.25) is 14.5 Å². The standard InChI is InChI=1S/C24H25NO3/c1-15-6-4-5-7-19(15)25-20-13-24(2,3)14-21(27)23(20)18(12-22(25)28)16-8-10-17(26)11-9-16/h4-11,18,26H,12-14H2,1-3H3. The highest BCUT2D eigenvalue weighted by molar-refractivity contribution is 6.08. The summed E-state index contributed by atoms with van der Waals surface area (Å²) in [6.07, 6.45) is 1.42. The SMILES string of the molecule is Cc1ccccc1N1C(=O)CC(c2ccc(O)cc2)C2=C1CC(C)(C)CC2=O. The zero-order chi connectivity index (χ0) is 20.1. The molecule has 4 rings (SSSR count).